The van der Waals surface area contributed by atoms with E-state index in [9.17, 15) is 18.0 Å². The van der Waals surface area contributed by atoms with Crippen LogP contribution in [0.5, 0.6) is 0 Å². The molecule has 0 saturated carbocycles. The van der Waals surface area contributed by atoms with Gasteiger partial charge in [0.15, 0.2) is 6.61 Å². The molecule has 9 heteroatoms. The van der Waals surface area contributed by atoms with Gasteiger partial charge in [-0.15, -0.1) is 11.3 Å². The number of nitrogens with zero attached hydrogens (tertiary/aromatic N) is 1. The number of benzene rings is 1. The van der Waals surface area contributed by atoms with Crippen LogP contribution in [0, 0.1) is 0 Å². The van der Waals surface area contributed by atoms with E-state index in [4.69, 9.17) is 4.74 Å². The third kappa shape index (κ3) is 6.58. The summed E-state index contributed by atoms with van der Waals surface area (Å²) in [6.45, 7) is -0.106. The van der Waals surface area contributed by atoms with Crippen molar-refractivity contribution in [1.29, 1.82) is 0 Å². The monoisotopic (exact) mass is 444 g/mol. The number of pyridine rings is 1. The molecule has 0 amide bonds. The summed E-state index contributed by atoms with van der Waals surface area (Å²) >= 11 is 1.25. The molecule has 0 radical (unpaired) electrons. The Hall–Kier alpha value is -2.88. The molecule has 3 rings (SSSR count). The summed E-state index contributed by atoms with van der Waals surface area (Å²) in [6, 6.07) is 14.8. The Morgan fingerprint density at radius 3 is 2.73 bits per heavy atom. The van der Waals surface area contributed by atoms with Gasteiger partial charge in [0.25, 0.3) is 0 Å². The molecular formula is C21H20N2O5S2. The predicted octanol–water partition coefficient (Wildman–Crippen LogP) is 2.83. The zero-order valence-corrected chi connectivity index (χ0v) is 17.8. The van der Waals surface area contributed by atoms with Crippen molar-refractivity contribution in [2.24, 2.45) is 0 Å². The van der Waals surface area contributed by atoms with E-state index in [0.29, 0.717) is 17.0 Å². The lowest BCUT2D eigenvalue weighted by atomic mass is 10.2. The van der Waals surface area contributed by atoms with Crippen LogP contribution in [-0.2, 0) is 26.0 Å². The highest BCUT2D eigenvalue weighted by atomic mass is 32.2. The highest BCUT2D eigenvalue weighted by molar-refractivity contribution is 7.88. The summed E-state index contributed by atoms with van der Waals surface area (Å²) in [5.74, 6) is -0.944. The fourth-order valence-corrected chi connectivity index (χ4v) is 4.01. The molecule has 0 saturated heterocycles. The average Bonchev–Trinajstić information content (AvgIpc) is 3.18. The molecule has 2 heterocycles. The van der Waals surface area contributed by atoms with Crippen molar-refractivity contribution in [2.75, 3.05) is 19.4 Å². The van der Waals surface area contributed by atoms with Crippen molar-refractivity contribution < 1.29 is 22.7 Å². The van der Waals surface area contributed by atoms with E-state index in [2.05, 4.69) is 9.71 Å². The Balaban J connectivity index is 1.49. The van der Waals surface area contributed by atoms with Gasteiger partial charge in [0.1, 0.15) is 0 Å². The second kappa shape index (κ2) is 9.75. The quantitative estimate of drug-likeness (QED) is 0.309. The van der Waals surface area contributed by atoms with Crippen LogP contribution in [0.4, 0.5) is 0 Å². The Morgan fingerprint density at radius 2 is 1.93 bits per heavy atom. The van der Waals surface area contributed by atoms with Crippen LogP contribution in [0.2, 0.25) is 0 Å². The van der Waals surface area contributed by atoms with E-state index in [1.54, 1.807) is 18.2 Å². The Labute approximate surface area is 178 Å². The van der Waals surface area contributed by atoms with Crippen molar-refractivity contribution in [3.05, 3.63) is 70.1 Å². The van der Waals surface area contributed by atoms with Gasteiger partial charge in [-0.05, 0) is 36.8 Å². The molecule has 1 aromatic carbocycles. The van der Waals surface area contributed by atoms with E-state index in [-0.39, 0.29) is 18.9 Å². The summed E-state index contributed by atoms with van der Waals surface area (Å²) in [4.78, 5) is 29.9. The first-order chi connectivity index (χ1) is 14.3. The fourth-order valence-electron chi connectivity index (χ4n) is 2.61. The van der Waals surface area contributed by atoms with Crippen molar-refractivity contribution >= 4 is 50.1 Å². The number of esters is 1. The number of para-hydroxylation sites is 1. The normalized spacial score (nSPS) is 11.8. The summed E-state index contributed by atoms with van der Waals surface area (Å²) in [5.41, 5.74) is 1.44. The Morgan fingerprint density at radius 1 is 1.13 bits per heavy atom. The standard InChI is InChI=1S/C21H20N2O5S2/c1-30(26,27)22-13-12-17-9-10-20(29-17)19(24)14-28-21(25)11-8-16-7-6-15-4-2-3-5-18(15)23-16/h2-11,22H,12-14H2,1H3/b11-8+. The highest BCUT2D eigenvalue weighted by Gasteiger charge is 2.12. The molecule has 3 aromatic rings. The minimum absolute atomic E-state index is 0.259. The van der Waals surface area contributed by atoms with Crippen LogP contribution in [0.3, 0.4) is 0 Å². The lowest BCUT2D eigenvalue weighted by molar-refractivity contribution is -0.136. The number of carbonyl (C=O) groups is 2. The predicted molar refractivity (Wildman–Crippen MR) is 117 cm³/mol. The molecule has 0 bridgehead atoms. The molecule has 0 unspecified atom stereocenters. The first-order valence-corrected chi connectivity index (χ1v) is 11.8. The zero-order valence-electron chi connectivity index (χ0n) is 16.2. The number of ketones is 1. The summed E-state index contributed by atoms with van der Waals surface area (Å²) in [7, 11) is -3.24. The van der Waals surface area contributed by atoms with Crippen LogP contribution in [-0.4, -0.2) is 44.6 Å². The molecule has 7 nitrogen and oxygen atoms in total. The van der Waals surface area contributed by atoms with Gasteiger partial charge in [-0.25, -0.2) is 22.9 Å². The zero-order chi connectivity index (χ0) is 21.6. The fraction of sp³-hybridized carbons (Fsp3) is 0.190. The van der Waals surface area contributed by atoms with Gasteiger partial charge >= 0.3 is 5.97 Å². The second-order valence-corrected chi connectivity index (χ2v) is 9.48. The number of sulfonamides is 1. The third-order valence-electron chi connectivity index (χ3n) is 4.03. The molecule has 2 aromatic heterocycles. The number of Topliss-reactive ketones (excluding diaryl/α,β-unsaturated/α-hetero) is 1. The van der Waals surface area contributed by atoms with Crippen molar-refractivity contribution in [1.82, 2.24) is 9.71 Å². The lowest BCUT2D eigenvalue weighted by Gasteiger charge is -2.01. The largest absolute Gasteiger partial charge is 0.454 e. The molecule has 0 fully saturated rings. The summed E-state index contributed by atoms with van der Waals surface area (Å²) in [6.07, 6.45) is 4.35. The second-order valence-electron chi connectivity index (χ2n) is 6.48. The molecule has 0 spiro atoms. The van der Waals surface area contributed by atoms with Gasteiger partial charge in [0.05, 0.1) is 22.3 Å². The number of hydrogen-bond donors (Lipinski definition) is 1. The summed E-state index contributed by atoms with van der Waals surface area (Å²) < 4.78 is 29.5. The number of carbonyl (C=O) groups excluding carboxylic acids is 2. The minimum Gasteiger partial charge on any atom is -0.454 e. The number of nitrogens with one attached hydrogen (secondary N) is 1. The maximum atomic E-state index is 12.2. The third-order valence-corrected chi connectivity index (χ3v) is 5.94. The van der Waals surface area contributed by atoms with Gasteiger partial charge in [-0.1, -0.05) is 24.3 Å². The molecule has 0 aliphatic carbocycles. The number of ether oxygens (including phenoxy) is 1. The lowest BCUT2D eigenvalue weighted by Crippen LogP contribution is -2.24. The number of aromatic nitrogens is 1. The molecule has 156 valence electrons. The number of rotatable bonds is 9. The van der Waals surface area contributed by atoms with Crippen molar-refractivity contribution in [3.8, 4) is 0 Å². The van der Waals surface area contributed by atoms with E-state index >= 15 is 0 Å². The molecule has 0 aliphatic rings. The number of thiophene rings is 1. The molecule has 0 aliphatic heterocycles. The smallest absolute Gasteiger partial charge is 0.331 e. The van der Waals surface area contributed by atoms with E-state index in [1.165, 1.54) is 23.5 Å². The van der Waals surface area contributed by atoms with Crippen LogP contribution in [0.1, 0.15) is 20.2 Å². The van der Waals surface area contributed by atoms with Gasteiger partial charge in [-0.3, -0.25) is 4.79 Å². The van der Waals surface area contributed by atoms with Crippen LogP contribution < -0.4 is 4.72 Å². The summed E-state index contributed by atoms with van der Waals surface area (Å²) in [5, 5.41) is 1.00. The van der Waals surface area contributed by atoms with Gasteiger partial charge in [0, 0.05) is 22.9 Å². The number of fused-ring (bicyclic) bond motifs is 1. The Bertz CT molecular complexity index is 1200. The van der Waals surface area contributed by atoms with E-state index < -0.39 is 16.0 Å². The molecule has 0 atom stereocenters. The van der Waals surface area contributed by atoms with Crippen molar-refractivity contribution in [3.63, 3.8) is 0 Å². The molecule has 30 heavy (non-hydrogen) atoms. The van der Waals surface area contributed by atoms with Gasteiger partial charge in [0.2, 0.25) is 15.8 Å². The van der Waals surface area contributed by atoms with Crippen LogP contribution >= 0.6 is 11.3 Å². The Kier molecular flexibility index (Phi) is 7.09. The van der Waals surface area contributed by atoms with Crippen molar-refractivity contribution in [2.45, 2.75) is 6.42 Å². The van der Waals surface area contributed by atoms with Gasteiger partial charge in [-0.2, -0.15) is 0 Å². The minimum atomic E-state index is -3.24. The number of hydrogen-bond acceptors (Lipinski definition) is 7. The van der Waals surface area contributed by atoms with E-state index in [1.807, 2.05) is 30.3 Å². The van der Waals surface area contributed by atoms with Crippen LogP contribution in [0.15, 0.2) is 54.6 Å². The maximum Gasteiger partial charge on any atom is 0.331 e. The topological polar surface area (TPSA) is 102 Å². The van der Waals surface area contributed by atoms with E-state index in [0.717, 1.165) is 22.0 Å². The first-order valence-electron chi connectivity index (χ1n) is 9.07. The van der Waals surface area contributed by atoms with Gasteiger partial charge < -0.3 is 4.74 Å². The van der Waals surface area contributed by atoms with Crippen LogP contribution in [0.25, 0.3) is 17.0 Å². The highest BCUT2D eigenvalue weighted by Crippen LogP contribution is 2.18. The molecule has 1 N–H and O–H groups in total. The average molecular weight is 445 g/mol. The first kappa shape index (κ1) is 21.8. The SMILES string of the molecule is CS(=O)(=O)NCCc1ccc(C(=O)COC(=O)/C=C/c2ccc3ccccc3n2)s1. The maximum absolute atomic E-state index is 12.2. The molecular weight excluding hydrogens is 424 g/mol.